The van der Waals surface area contributed by atoms with Crippen molar-refractivity contribution in [3.63, 3.8) is 0 Å². The maximum absolute atomic E-state index is 12.9. The van der Waals surface area contributed by atoms with Crippen molar-refractivity contribution in [2.75, 3.05) is 0 Å². The van der Waals surface area contributed by atoms with Gasteiger partial charge in [-0.3, -0.25) is 0 Å². The highest BCUT2D eigenvalue weighted by molar-refractivity contribution is 14.1. The molecule has 0 fully saturated rings. The van der Waals surface area contributed by atoms with E-state index in [2.05, 4.69) is 15.9 Å². The maximum Gasteiger partial charge on any atom is 0.420 e. The highest BCUT2D eigenvalue weighted by Gasteiger charge is 2.36. The number of hydrogen-bond acceptors (Lipinski definition) is 0. The summed E-state index contributed by atoms with van der Waals surface area (Å²) in [4.78, 5) is 0. The quantitative estimate of drug-likeness (QED) is 0.475. The molecule has 0 spiro atoms. The number of rotatable bonds is 0. The third-order valence-electron chi connectivity index (χ3n) is 1.29. The van der Waals surface area contributed by atoms with E-state index >= 15 is 0 Å². The van der Waals surface area contributed by atoms with Crippen LogP contribution in [0.5, 0.6) is 0 Å². The SMILES string of the molecule is Fc1cc(I)cc(Br)c1C(F)(F)F. The fourth-order valence-corrected chi connectivity index (χ4v) is 2.49. The standard InChI is InChI=1S/C7H2BrF4I/c8-4-1-3(13)2-5(9)6(4)7(10,11)12/h1-2H. The van der Waals surface area contributed by atoms with Crippen LogP contribution in [0, 0.1) is 9.39 Å². The van der Waals surface area contributed by atoms with E-state index in [9.17, 15) is 17.6 Å². The second kappa shape index (κ2) is 3.72. The van der Waals surface area contributed by atoms with E-state index in [1.165, 1.54) is 6.07 Å². The predicted molar refractivity (Wildman–Crippen MR) is 51.8 cm³/mol. The minimum atomic E-state index is -4.66. The topological polar surface area (TPSA) is 0 Å². The van der Waals surface area contributed by atoms with E-state index in [1.54, 1.807) is 22.6 Å². The van der Waals surface area contributed by atoms with Gasteiger partial charge in [0.05, 0.1) is 0 Å². The molecule has 0 bridgehead atoms. The van der Waals surface area contributed by atoms with Crippen molar-refractivity contribution in [1.29, 1.82) is 0 Å². The smallest absolute Gasteiger partial charge is 0.206 e. The Kier molecular flexibility index (Phi) is 3.21. The molecule has 72 valence electrons. The highest BCUT2D eigenvalue weighted by atomic mass is 127. The summed E-state index contributed by atoms with van der Waals surface area (Å²) >= 11 is 4.41. The Morgan fingerprint density at radius 2 is 1.77 bits per heavy atom. The molecule has 0 aromatic heterocycles. The van der Waals surface area contributed by atoms with Crippen LogP contribution in [0.3, 0.4) is 0 Å². The van der Waals surface area contributed by atoms with Gasteiger partial charge in [0.15, 0.2) is 0 Å². The van der Waals surface area contributed by atoms with Gasteiger partial charge >= 0.3 is 6.18 Å². The van der Waals surface area contributed by atoms with Gasteiger partial charge in [-0.2, -0.15) is 13.2 Å². The van der Waals surface area contributed by atoms with Crippen LogP contribution in [0.1, 0.15) is 5.56 Å². The second-order valence-electron chi connectivity index (χ2n) is 2.24. The molecule has 0 aliphatic rings. The third kappa shape index (κ3) is 2.55. The molecule has 0 radical (unpaired) electrons. The molecule has 0 saturated heterocycles. The Balaban J connectivity index is 3.38. The normalized spacial score (nSPS) is 11.8. The minimum absolute atomic E-state index is 0.274. The summed E-state index contributed by atoms with van der Waals surface area (Å²) < 4.78 is 49.5. The summed E-state index contributed by atoms with van der Waals surface area (Å²) in [6.07, 6.45) is -4.66. The van der Waals surface area contributed by atoms with Gasteiger partial charge in [0.25, 0.3) is 0 Å². The lowest BCUT2D eigenvalue weighted by Gasteiger charge is -2.10. The Morgan fingerprint density at radius 1 is 1.23 bits per heavy atom. The van der Waals surface area contributed by atoms with Crippen LogP contribution in [-0.2, 0) is 6.18 Å². The first kappa shape index (κ1) is 11.2. The van der Waals surface area contributed by atoms with E-state index in [-0.39, 0.29) is 4.47 Å². The van der Waals surface area contributed by atoms with Gasteiger partial charge in [0.2, 0.25) is 0 Å². The Labute approximate surface area is 93.6 Å². The average Bonchev–Trinajstić information content (AvgIpc) is 1.78. The molecule has 1 rings (SSSR count). The lowest BCUT2D eigenvalue weighted by atomic mass is 10.2. The molecule has 1 aromatic rings. The Morgan fingerprint density at radius 3 is 2.15 bits per heavy atom. The van der Waals surface area contributed by atoms with E-state index in [1.807, 2.05) is 0 Å². The molecule has 0 unspecified atom stereocenters. The van der Waals surface area contributed by atoms with E-state index in [0.717, 1.165) is 6.07 Å². The average molecular weight is 369 g/mol. The van der Waals surface area contributed by atoms with E-state index < -0.39 is 17.6 Å². The van der Waals surface area contributed by atoms with Crippen LogP contribution in [0.4, 0.5) is 17.6 Å². The van der Waals surface area contributed by atoms with Crippen molar-refractivity contribution >= 4 is 38.5 Å². The fraction of sp³-hybridized carbons (Fsp3) is 0.143. The van der Waals surface area contributed by atoms with Crippen LogP contribution in [-0.4, -0.2) is 0 Å². The van der Waals surface area contributed by atoms with Crippen LogP contribution in [0.25, 0.3) is 0 Å². The highest BCUT2D eigenvalue weighted by Crippen LogP contribution is 2.37. The fourth-order valence-electron chi connectivity index (χ4n) is 0.813. The molecule has 0 aliphatic heterocycles. The van der Waals surface area contributed by atoms with Crippen molar-refractivity contribution in [2.24, 2.45) is 0 Å². The van der Waals surface area contributed by atoms with Gasteiger partial charge in [-0.05, 0) is 34.7 Å². The Hall–Kier alpha value is 0.150. The molecule has 6 heteroatoms. The maximum atomic E-state index is 12.9. The Bertz CT molecular complexity index is 311. The first-order chi connectivity index (χ1) is 5.82. The van der Waals surface area contributed by atoms with Crippen molar-refractivity contribution < 1.29 is 17.6 Å². The minimum Gasteiger partial charge on any atom is -0.206 e. The van der Waals surface area contributed by atoms with Gasteiger partial charge in [-0.1, -0.05) is 15.9 Å². The zero-order valence-electron chi connectivity index (χ0n) is 5.92. The number of benzene rings is 1. The summed E-state index contributed by atoms with van der Waals surface area (Å²) in [6, 6.07) is 2.06. The van der Waals surface area contributed by atoms with E-state index in [0.29, 0.717) is 3.57 Å². The zero-order chi connectivity index (χ0) is 10.2. The van der Waals surface area contributed by atoms with Gasteiger partial charge in [0, 0.05) is 8.04 Å². The molecule has 0 atom stereocenters. The van der Waals surface area contributed by atoms with Crippen LogP contribution in [0.15, 0.2) is 16.6 Å². The molecular formula is C7H2BrF4I. The first-order valence-corrected chi connectivity index (χ1v) is 4.91. The summed E-state index contributed by atoms with van der Waals surface area (Å²) in [5, 5.41) is 0. The molecule has 0 N–H and O–H groups in total. The molecule has 13 heavy (non-hydrogen) atoms. The third-order valence-corrected chi connectivity index (χ3v) is 2.54. The van der Waals surface area contributed by atoms with Crippen molar-refractivity contribution in [3.8, 4) is 0 Å². The van der Waals surface area contributed by atoms with Crippen molar-refractivity contribution in [1.82, 2.24) is 0 Å². The lowest BCUT2D eigenvalue weighted by molar-refractivity contribution is -0.140. The summed E-state index contributed by atoms with van der Waals surface area (Å²) in [5.74, 6) is -1.26. The molecular weight excluding hydrogens is 367 g/mol. The van der Waals surface area contributed by atoms with E-state index in [4.69, 9.17) is 0 Å². The van der Waals surface area contributed by atoms with Gasteiger partial charge < -0.3 is 0 Å². The molecule has 0 saturated carbocycles. The molecule has 0 aliphatic carbocycles. The summed E-state index contributed by atoms with van der Waals surface area (Å²) in [7, 11) is 0. The zero-order valence-corrected chi connectivity index (χ0v) is 9.67. The number of alkyl halides is 3. The molecule has 0 amide bonds. The predicted octanol–water partition coefficient (Wildman–Crippen LogP) is 4.21. The lowest BCUT2D eigenvalue weighted by Crippen LogP contribution is -2.09. The number of halogens is 6. The van der Waals surface area contributed by atoms with Gasteiger partial charge in [0.1, 0.15) is 11.4 Å². The largest absolute Gasteiger partial charge is 0.420 e. The second-order valence-corrected chi connectivity index (χ2v) is 4.34. The summed E-state index contributed by atoms with van der Waals surface area (Å²) in [5.41, 5.74) is -1.26. The van der Waals surface area contributed by atoms with Crippen molar-refractivity contribution in [2.45, 2.75) is 6.18 Å². The van der Waals surface area contributed by atoms with Crippen LogP contribution in [0.2, 0.25) is 0 Å². The number of hydrogen-bond donors (Lipinski definition) is 0. The first-order valence-electron chi connectivity index (χ1n) is 3.04. The van der Waals surface area contributed by atoms with Crippen LogP contribution < -0.4 is 0 Å². The molecule has 0 nitrogen and oxygen atoms in total. The van der Waals surface area contributed by atoms with Gasteiger partial charge in [-0.25, -0.2) is 4.39 Å². The molecule has 0 heterocycles. The van der Waals surface area contributed by atoms with Crippen molar-refractivity contribution in [3.05, 3.63) is 31.6 Å². The van der Waals surface area contributed by atoms with Gasteiger partial charge in [-0.15, -0.1) is 0 Å². The monoisotopic (exact) mass is 368 g/mol. The summed E-state index contributed by atoms with van der Waals surface area (Å²) in [6.45, 7) is 0. The van der Waals surface area contributed by atoms with Crippen LogP contribution >= 0.6 is 38.5 Å². The molecule has 1 aromatic carbocycles.